The number of nitrogens with zero attached hydrogens (tertiary/aromatic N) is 4. The van der Waals surface area contributed by atoms with Gasteiger partial charge in [0, 0.05) is 45.0 Å². The zero-order chi connectivity index (χ0) is 22.8. The maximum absolute atomic E-state index is 12.7. The van der Waals surface area contributed by atoms with Gasteiger partial charge in [-0.05, 0) is 74.0 Å². The fourth-order valence-corrected chi connectivity index (χ4v) is 5.30. The first-order valence-electron chi connectivity index (χ1n) is 12.0. The number of urea groups is 1. The molecule has 5 rings (SSSR count). The molecule has 9 heteroatoms. The number of hydrogen-bond acceptors (Lipinski definition) is 6. The van der Waals surface area contributed by atoms with E-state index in [0.29, 0.717) is 25.0 Å². The van der Waals surface area contributed by atoms with E-state index in [4.69, 9.17) is 5.73 Å². The summed E-state index contributed by atoms with van der Waals surface area (Å²) in [5.74, 6) is 0.916. The number of fused-ring (bicyclic) bond motifs is 1. The number of carbonyl (C=O) groups is 1. The molecule has 2 fully saturated rings. The average Bonchev–Trinajstić information content (AvgIpc) is 3.33. The number of amides is 2. The van der Waals surface area contributed by atoms with Crippen LogP contribution < -0.4 is 22.1 Å². The molecule has 0 spiro atoms. The first kappa shape index (κ1) is 22.1. The van der Waals surface area contributed by atoms with Crippen molar-refractivity contribution in [3.63, 3.8) is 0 Å². The second-order valence-corrected chi connectivity index (χ2v) is 9.37. The van der Waals surface area contributed by atoms with E-state index in [0.717, 1.165) is 57.7 Å². The van der Waals surface area contributed by atoms with Crippen LogP contribution in [0.4, 0.5) is 10.6 Å². The number of aromatic nitrogens is 2. The summed E-state index contributed by atoms with van der Waals surface area (Å²) in [7, 11) is 0. The number of rotatable bonds is 4. The molecular formula is C24H33N7O2. The van der Waals surface area contributed by atoms with Gasteiger partial charge >= 0.3 is 11.7 Å². The van der Waals surface area contributed by atoms with Gasteiger partial charge in [0.25, 0.3) is 0 Å². The summed E-state index contributed by atoms with van der Waals surface area (Å²) in [5.41, 5.74) is 8.96. The van der Waals surface area contributed by atoms with Crippen molar-refractivity contribution in [1.29, 1.82) is 0 Å². The molecule has 2 unspecified atom stereocenters. The third-order valence-corrected chi connectivity index (χ3v) is 7.28. The van der Waals surface area contributed by atoms with Crippen LogP contribution >= 0.6 is 0 Å². The second-order valence-electron chi connectivity index (χ2n) is 9.37. The van der Waals surface area contributed by atoms with Crippen LogP contribution in [-0.4, -0.2) is 77.2 Å². The predicted octanol–water partition coefficient (Wildman–Crippen LogP) is 0.808. The molecule has 2 atom stereocenters. The Hall–Kier alpha value is -2.75. The maximum atomic E-state index is 12.7. The van der Waals surface area contributed by atoms with Crippen molar-refractivity contribution in [3.05, 3.63) is 52.1 Å². The summed E-state index contributed by atoms with van der Waals surface area (Å²) >= 11 is 0. The molecule has 1 aromatic carbocycles. The van der Waals surface area contributed by atoms with Crippen molar-refractivity contribution in [1.82, 2.24) is 24.7 Å². The van der Waals surface area contributed by atoms with Gasteiger partial charge in [-0.2, -0.15) is 4.98 Å². The van der Waals surface area contributed by atoms with Crippen LogP contribution in [-0.2, 0) is 12.8 Å². The molecule has 2 amide bonds. The third-order valence-electron chi connectivity index (χ3n) is 7.28. The van der Waals surface area contributed by atoms with Gasteiger partial charge in [0.1, 0.15) is 5.82 Å². The summed E-state index contributed by atoms with van der Waals surface area (Å²) in [5, 5.41) is 5.95. The lowest BCUT2D eigenvalue weighted by Gasteiger charge is -2.32. The van der Waals surface area contributed by atoms with Crippen LogP contribution in [0.3, 0.4) is 0 Å². The summed E-state index contributed by atoms with van der Waals surface area (Å²) in [4.78, 5) is 33.5. The van der Waals surface area contributed by atoms with Crippen LogP contribution in [0.2, 0.25) is 0 Å². The minimum atomic E-state index is -0.397. The molecule has 9 nitrogen and oxygen atoms in total. The lowest BCUT2D eigenvalue weighted by atomic mass is 9.87. The van der Waals surface area contributed by atoms with Crippen LogP contribution in [0.15, 0.2) is 35.3 Å². The zero-order valence-electron chi connectivity index (χ0n) is 19.0. The molecule has 33 heavy (non-hydrogen) atoms. The lowest BCUT2D eigenvalue weighted by Crippen LogP contribution is -2.48. The molecular weight excluding hydrogens is 418 g/mol. The Morgan fingerprint density at radius 1 is 1.15 bits per heavy atom. The van der Waals surface area contributed by atoms with E-state index in [1.807, 2.05) is 6.07 Å². The minimum absolute atomic E-state index is 0.222. The topological polar surface area (TPSA) is 109 Å². The predicted molar refractivity (Wildman–Crippen MR) is 128 cm³/mol. The first-order chi connectivity index (χ1) is 16.1. The SMILES string of the molecule is NCC1CCN(C2CCc3cc(-n4ccc(NC(=O)N5CCNCC5)nc4=O)ccc3C2)C1. The number of nitrogens with one attached hydrogen (secondary N) is 2. The molecule has 2 aromatic rings. The highest BCUT2D eigenvalue weighted by atomic mass is 16.2. The summed E-state index contributed by atoms with van der Waals surface area (Å²) in [6.07, 6.45) is 6.10. The summed E-state index contributed by atoms with van der Waals surface area (Å²) in [6, 6.07) is 8.30. The molecule has 3 aliphatic rings. The van der Waals surface area contributed by atoms with Gasteiger partial charge in [-0.1, -0.05) is 6.07 Å². The Balaban J connectivity index is 1.26. The average molecular weight is 452 g/mol. The van der Waals surface area contributed by atoms with E-state index in [2.05, 4.69) is 32.7 Å². The molecule has 2 aliphatic heterocycles. The highest BCUT2D eigenvalue weighted by Gasteiger charge is 2.30. The number of likely N-dealkylation sites (tertiary alicyclic amines) is 1. The van der Waals surface area contributed by atoms with Crippen LogP contribution in [0, 0.1) is 5.92 Å². The smallest absolute Gasteiger partial charge is 0.330 e. The monoisotopic (exact) mass is 451 g/mol. The van der Waals surface area contributed by atoms with Crippen LogP contribution in [0.5, 0.6) is 0 Å². The first-order valence-corrected chi connectivity index (χ1v) is 12.0. The van der Waals surface area contributed by atoms with Crippen LogP contribution in [0.25, 0.3) is 5.69 Å². The molecule has 0 bridgehead atoms. The van der Waals surface area contributed by atoms with Gasteiger partial charge in [-0.25, -0.2) is 9.59 Å². The van der Waals surface area contributed by atoms with Gasteiger partial charge in [0.15, 0.2) is 0 Å². The minimum Gasteiger partial charge on any atom is -0.330 e. The maximum Gasteiger partial charge on any atom is 0.354 e. The number of anilines is 1. The molecule has 1 aromatic heterocycles. The molecule has 2 saturated heterocycles. The van der Waals surface area contributed by atoms with Crippen molar-refractivity contribution in [2.45, 2.75) is 31.7 Å². The lowest BCUT2D eigenvalue weighted by molar-refractivity contribution is 0.204. The van der Waals surface area contributed by atoms with Gasteiger partial charge in [-0.3, -0.25) is 14.8 Å². The van der Waals surface area contributed by atoms with Crippen LogP contribution in [0.1, 0.15) is 24.0 Å². The number of carbonyl (C=O) groups excluding carboxylic acids is 1. The van der Waals surface area contributed by atoms with E-state index in [9.17, 15) is 9.59 Å². The highest BCUT2D eigenvalue weighted by Crippen LogP contribution is 2.29. The molecule has 0 saturated carbocycles. The Bertz CT molecular complexity index is 1060. The van der Waals surface area contributed by atoms with Gasteiger partial charge in [0.05, 0.1) is 5.69 Å². The van der Waals surface area contributed by atoms with E-state index in [1.54, 1.807) is 21.7 Å². The number of aryl methyl sites for hydroxylation is 1. The molecule has 0 radical (unpaired) electrons. The number of piperazine rings is 1. The quantitative estimate of drug-likeness (QED) is 0.635. The van der Waals surface area contributed by atoms with Crippen molar-refractivity contribution < 1.29 is 4.79 Å². The molecule has 1 aliphatic carbocycles. The highest BCUT2D eigenvalue weighted by molar-refractivity contribution is 5.88. The molecule has 176 valence electrons. The summed E-state index contributed by atoms with van der Waals surface area (Å²) in [6.45, 7) is 5.88. The van der Waals surface area contributed by atoms with Gasteiger partial charge in [0.2, 0.25) is 0 Å². The number of benzene rings is 1. The largest absolute Gasteiger partial charge is 0.354 e. The fourth-order valence-electron chi connectivity index (χ4n) is 5.30. The molecule has 3 heterocycles. The van der Waals surface area contributed by atoms with E-state index in [-0.39, 0.29) is 11.8 Å². The number of hydrogen-bond donors (Lipinski definition) is 3. The Morgan fingerprint density at radius 3 is 2.76 bits per heavy atom. The van der Waals surface area contributed by atoms with Crippen molar-refractivity contribution in [2.75, 3.05) is 51.1 Å². The van der Waals surface area contributed by atoms with E-state index >= 15 is 0 Å². The fraction of sp³-hybridized carbons (Fsp3) is 0.542. The van der Waals surface area contributed by atoms with Gasteiger partial charge < -0.3 is 16.0 Å². The zero-order valence-corrected chi connectivity index (χ0v) is 19.0. The Labute approximate surface area is 194 Å². The van der Waals surface area contributed by atoms with Crippen molar-refractivity contribution in [2.24, 2.45) is 11.7 Å². The van der Waals surface area contributed by atoms with Crippen molar-refractivity contribution in [3.8, 4) is 5.69 Å². The second kappa shape index (κ2) is 9.62. The molecule has 4 N–H and O–H groups in total. The summed E-state index contributed by atoms with van der Waals surface area (Å²) < 4.78 is 1.54. The standard InChI is InChI=1S/C24H33N7O2/c25-15-17-5-9-30(16-17)20-3-1-19-14-21(4-2-18(19)13-20)31-10-6-22(28-24(31)33)27-23(32)29-11-7-26-8-12-29/h2,4,6,10,14,17,20,26H,1,3,5,7-9,11-13,15-16,25H2,(H,27,28,32,33). The van der Waals surface area contributed by atoms with Gasteiger partial charge in [-0.15, -0.1) is 0 Å². The Kier molecular flexibility index (Phi) is 6.43. The van der Waals surface area contributed by atoms with E-state index < -0.39 is 5.69 Å². The van der Waals surface area contributed by atoms with E-state index in [1.165, 1.54) is 17.5 Å². The third kappa shape index (κ3) is 4.80. The number of nitrogens with two attached hydrogens (primary N) is 1. The van der Waals surface area contributed by atoms with Crippen molar-refractivity contribution >= 4 is 11.8 Å². The Morgan fingerprint density at radius 2 is 2.00 bits per heavy atom. The normalized spacial score (nSPS) is 23.4.